The Kier molecular flexibility index (Phi) is 6.59. The van der Waals surface area contributed by atoms with E-state index in [2.05, 4.69) is 33.9 Å². The highest BCUT2D eigenvalue weighted by molar-refractivity contribution is 5.93. The number of aliphatic imine (C=N–C) groups is 1. The van der Waals surface area contributed by atoms with Crippen molar-refractivity contribution < 1.29 is 5.11 Å². The summed E-state index contributed by atoms with van der Waals surface area (Å²) in [5, 5.41) is 14.2. The van der Waals surface area contributed by atoms with Crippen LogP contribution in [0.4, 0.5) is 11.6 Å². The zero-order chi connectivity index (χ0) is 25.3. The lowest BCUT2D eigenvalue weighted by Crippen LogP contribution is -2.30. The van der Waals surface area contributed by atoms with Crippen LogP contribution >= 0.6 is 0 Å². The molecule has 5 rings (SSSR count). The summed E-state index contributed by atoms with van der Waals surface area (Å²) in [4.78, 5) is 29.5. The van der Waals surface area contributed by atoms with Crippen LogP contribution in [-0.2, 0) is 13.1 Å². The van der Waals surface area contributed by atoms with Gasteiger partial charge in [0.2, 0.25) is 5.95 Å². The van der Waals surface area contributed by atoms with E-state index in [1.807, 2.05) is 18.2 Å². The van der Waals surface area contributed by atoms with E-state index in [9.17, 15) is 9.90 Å². The Labute approximate surface area is 210 Å². The second-order valence-electron chi connectivity index (χ2n) is 9.94. The van der Waals surface area contributed by atoms with E-state index >= 15 is 0 Å². The van der Waals surface area contributed by atoms with Crippen molar-refractivity contribution >= 4 is 28.5 Å². The minimum absolute atomic E-state index is 0.204. The topological polar surface area (TPSA) is 101 Å². The lowest BCUT2D eigenvalue weighted by Gasteiger charge is -2.23. The van der Waals surface area contributed by atoms with Gasteiger partial charge in [-0.1, -0.05) is 24.3 Å². The maximum Gasteiger partial charge on any atom is 0.278 e. The fraction of sp³-hybridized carbons (Fsp3) is 0.407. The molecule has 2 aliphatic heterocycles. The number of likely N-dealkylation sites (tertiary alicyclic amines) is 1. The van der Waals surface area contributed by atoms with E-state index in [1.165, 1.54) is 31.5 Å². The number of hydrogen-bond donors (Lipinski definition) is 2. The van der Waals surface area contributed by atoms with Gasteiger partial charge in [-0.2, -0.15) is 4.98 Å². The summed E-state index contributed by atoms with van der Waals surface area (Å²) in [5.74, 6) is 1.05. The third-order valence-electron chi connectivity index (χ3n) is 6.62. The molecule has 0 radical (unpaired) electrons. The fourth-order valence-corrected chi connectivity index (χ4v) is 4.78. The van der Waals surface area contributed by atoms with E-state index < -0.39 is 5.60 Å². The van der Waals surface area contributed by atoms with Gasteiger partial charge in [-0.3, -0.25) is 9.69 Å². The first-order valence-corrected chi connectivity index (χ1v) is 12.5. The van der Waals surface area contributed by atoms with E-state index in [0.717, 1.165) is 12.2 Å². The van der Waals surface area contributed by atoms with Crippen LogP contribution in [0.3, 0.4) is 0 Å². The smallest absolute Gasteiger partial charge is 0.278 e. The van der Waals surface area contributed by atoms with Gasteiger partial charge in [0.1, 0.15) is 16.8 Å². The third kappa shape index (κ3) is 4.89. The van der Waals surface area contributed by atoms with Crippen molar-refractivity contribution in [3.8, 4) is 0 Å². The summed E-state index contributed by atoms with van der Waals surface area (Å²) in [7, 11) is 0. The van der Waals surface area contributed by atoms with Gasteiger partial charge in [-0.25, -0.2) is 19.3 Å². The van der Waals surface area contributed by atoms with Crippen molar-refractivity contribution in [2.75, 3.05) is 18.4 Å². The number of benzene rings is 1. The van der Waals surface area contributed by atoms with Crippen molar-refractivity contribution in [2.45, 2.75) is 58.2 Å². The first kappa shape index (κ1) is 24.1. The molecule has 188 valence electrons. The maximum absolute atomic E-state index is 13.2. The van der Waals surface area contributed by atoms with Gasteiger partial charge in [0.15, 0.2) is 5.65 Å². The Morgan fingerprint density at radius 3 is 2.64 bits per heavy atom. The van der Waals surface area contributed by atoms with Crippen molar-refractivity contribution in [2.24, 2.45) is 4.99 Å². The van der Waals surface area contributed by atoms with Crippen molar-refractivity contribution in [1.82, 2.24) is 24.2 Å². The molecule has 9 nitrogen and oxygen atoms in total. The number of anilines is 2. The summed E-state index contributed by atoms with van der Waals surface area (Å²) < 4.78 is 3.31. The molecule has 3 aromatic rings. The van der Waals surface area contributed by atoms with Crippen LogP contribution in [0, 0.1) is 0 Å². The average Bonchev–Trinajstić information content (AvgIpc) is 3.46. The summed E-state index contributed by atoms with van der Waals surface area (Å²) in [6.45, 7) is 10.8. The molecule has 1 saturated heterocycles. The molecule has 1 aromatic carbocycles. The first-order chi connectivity index (χ1) is 17.3. The molecule has 0 aliphatic carbocycles. The minimum Gasteiger partial charge on any atom is -0.384 e. The Hall–Kier alpha value is -3.56. The quantitative estimate of drug-likeness (QED) is 0.492. The van der Waals surface area contributed by atoms with Crippen molar-refractivity contribution in [3.63, 3.8) is 0 Å². The third-order valence-corrected chi connectivity index (χ3v) is 6.62. The average molecular weight is 488 g/mol. The largest absolute Gasteiger partial charge is 0.384 e. The molecule has 1 fully saturated rings. The normalized spacial score (nSPS) is 16.8. The highest BCUT2D eigenvalue weighted by Crippen LogP contribution is 2.24. The molecule has 0 bridgehead atoms. The molecule has 9 heteroatoms. The molecule has 0 unspecified atom stereocenters. The fourth-order valence-electron chi connectivity index (χ4n) is 4.78. The second kappa shape index (κ2) is 9.83. The molecular formula is C27H33N7O2. The number of fused-ring (bicyclic) bond motifs is 1. The van der Waals surface area contributed by atoms with E-state index in [1.54, 1.807) is 35.5 Å². The van der Waals surface area contributed by atoms with Gasteiger partial charge < -0.3 is 10.4 Å². The SMILES string of the molecule is C=CCn1c(=O)c2cnc(Nc3ccc(CN4CCCC4)cc3)nc2n1C1=NC(C(C)(C)O)=CCC1. The Balaban J connectivity index is 1.48. The monoisotopic (exact) mass is 487 g/mol. The van der Waals surface area contributed by atoms with E-state index in [0.29, 0.717) is 47.9 Å². The molecule has 0 spiro atoms. The molecular weight excluding hydrogens is 454 g/mol. The Morgan fingerprint density at radius 1 is 1.19 bits per heavy atom. The maximum atomic E-state index is 13.2. The van der Waals surface area contributed by atoms with Crippen LogP contribution < -0.4 is 10.9 Å². The van der Waals surface area contributed by atoms with E-state index in [4.69, 9.17) is 9.98 Å². The summed E-state index contributed by atoms with van der Waals surface area (Å²) in [5.41, 5.74) is 1.91. The summed E-state index contributed by atoms with van der Waals surface area (Å²) >= 11 is 0. The van der Waals surface area contributed by atoms with Gasteiger partial charge in [-0.15, -0.1) is 6.58 Å². The predicted molar refractivity (Wildman–Crippen MR) is 143 cm³/mol. The highest BCUT2D eigenvalue weighted by atomic mass is 16.3. The number of hydrogen-bond acceptors (Lipinski definition) is 7. The molecule has 2 aliphatic rings. The number of nitrogens with one attached hydrogen (secondary N) is 1. The van der Waals surface area contributed by atoms with Crippen molar-refractivity contribution in [1.29, 1.82) is 0 Å². The molecule has 2 N–H and O–H groups in total. The van der Waals surface area contributed by atoms with Crippen LogP contribution in [0.1, 0.15) is 45.1 Å². The molecule has 0 amide bonds. The number of rotatable bonds is 7. The zero-order valence-corrected chi connectivity index (χ0v) is 20.9. The molecule has 0 saturated carbocycles. The lowest BCUT2D eigenvalue weighted by molar-refractivity contribution is 0.117. The number of aromatic nitrogens is 4. The molecule has 2 aromatic heterocycles. The van der Waals surface area contributed by atoms with Crippen LogP contribution in [0.5, 0.6) is 0 Å². The molecule has 36 heavy (non-hydrogen) atoms. The standard InChI is InChI=1S/C27H33N7O2/c1-4-14-33-25(35)21-17-28-26(29-20-12-10-19(11-13-20)18-32-15-5-6-16-32)31-24(21)34(33)23-9-7-8-22(30-23)27(2,3)36/h4,8,10-13,17,36H,1,5-7,9,14-16,18H2,2-3H3,(H,28,29,31). The zero-order valence-electron chi connectivity index (χ0n) is 20.9. The second-order valence-corrected chi connectivity index (χ2v) is 9.94. The van der Waals surface area contributed by atoms with Crippen LogP contribution in [0.25, 0.3) is 11.0 Å². The van der Waals surface area contributed by atoms with Gasteiger partial charge in [-0.05, 0) is 63.9 Å². The van der Waals surface area contributed by atoms with Gasteiger partial charge in [0.05, 0.1) is 12.2 Å². The number of aliphatic hydroxyl groups is 1. The molecule has 4 heterocycles. The Morgan fingerprint density at radius 2 is 1.94 bits per heavy atom. The minimum atomic E-state index is -1.08. The van der Waals surface area contributed by atoms with Gasteiger partial charge in [0, 0.05) is 24.8 Å². The van der Waals surface area contributed by atoms with Gasteiger partial charge in [0.25, 0.3) is 5.56 Å². The van der Waals surface area contributed by atoms with Crippen molar-refractivity contribution in [3.05, 3.63) is 70.8 Å². The Bertz CT molecular complexity index is 1380. The molecule has 0 atom stereocenters. The number of allylic oxidation sites excluding steroid dienone is 2. The van der Waals surface area contributed by atoms with Crippen LogP contribution in [0.15, 0.2) is 64.7 Å². The highest BCUT2D eigenvalue weighted by Gasteiger charge is 2.25. The summed E-state index contributed by atoms with van der Waals surface area (Å²) in [6, 6.07) is 8.30. The summed E-state index contributed by atoms with van der Waals surface area (Å²) in [6.07, 6.45) is 9.04. The van der Waals surface area contributed by atoms with E-state index in [-0.39, 0.29) is 5.56 Å². The lowest BCUT2D eigenvalue weighted by atomic mass is 10.0. The van der Waals surface area contributed by atoms with Crippen LogP contribution in [-0.4, -0.2) is 53.9 Å². The number of nitrogens with zero attached hydrogens (tertiary/aromatic N) is 6. The van der Waals surface area contributed by atoms with Gasteiger partial charge >= 0.3 is 0 Å². The first-order valence-electron chi connectivity index (χ1n) is 12.5. The predicted octanol–water partition coefficient (Wildman–Crippen LogP) is 3.81. The van der Waals surface area contributed by atoms with Crippen LogP contribution in [0.2, 0.25) is 0 Å².